The summed E-state index contributed by atoms with van der Waals surface area (Å²) >= 11 is 0. The highest BCUT2D eigenvalue weighted by Gasteiger charge is 2.24. The van der Waals surface area contributed by atoms with Crippen molar-refractivity contribution < 1.29 is 20.1 Å². The molecule has 23 heavy (non-hydrogen) atoms. The lowest BCUT2D eigenvalue weighted by Gasteiger charge is -2.26. The summed E-state index contributed by atoms with van der Waals surface area (Å²) < 4.78 is 0. The number of hydrogen-bond donors (Lipinski definition) is 3. The lowest BCUT2D eigenvalue weighted by Crippen LogP contribution is -2.35. The molecular formula is C17H26N2O4. The Labute approximate surface area is 136 Å². The van der Waals surface area contributed by atoms with Gasteiger partial charge in [-0.3, -0.25) is 4.90 Å². The zero-order chi connectivity index (χ0) is 16.9. The van der Waals surface area contributed by atoms with Crippen LogP contribution in [0.1, 0.15) is 43.9 Å². The van der Waals surface area contributed by atoms with E-state index in [1.165, 1.54) is 4.90 Å². The van der Waals surface area contributed by atoms with E-state index in [1.807, 2.05) is 19.1 Å². The van der Waals surface area contributed by atoms with Crippen LogP contribution in [-0.2, 0) is 12.8 Å². The van der Waals surface area contributed by atoms with Crippen molar-refractivity contribution in [1.82, 2.24) is 4.98 Å². The summed E-state index contributed by atoms with van der Waals surface area (Å²) in [5.41, 5.74) is 1.46. The molecule has 6 nitrogen and oxygen atoms in total. The number of pyridine rings is 1. The number of carbonyl (C=O) groups is 1. The fourth-order valence-corrected chi connectivity index (χ4v) is 2.87. The minimum atomic E-state index is -0.947. The predicted molar refractivity (Wildman–Crippen MR) is 87.8 cm³/mol. The first kappa shape index (κ1) is 17.7. The zero-order valence-corrected chi connectivity index (χ0v) is 13.7. The number of amides is 1. The molecular weight excluding hydrogens is 296 g/mol. The van der Waals surface area contributed by atoms with E-state index in [9.17, 15) is 20.1 Å². The van der Waals surface area contributed by atoms with Crippen LogP contribution in [0.25, 0.3) is 0 Å². The van der Waals surface area contributed by atoms with Crippen LogP contribution in [0.5, 0.6) is 0 Å². The van der Waals surface area contributed by atoms with Gasteiger partial charge in [0.05, 0.1) is 13.2 Å². The Morgan fingerprint density at radius 1 is 1.30 bits per heavy atom. The SMILES string of the molecule is CC(CO)(CO)CCCCc1ccc2c(n1)N(C(=O)O)CCC2. The Hall–Kier alpha value is -1.66. The monoisotopic (exact) mass is 322 g/mol. The Morgan fingerprint density at radius 2 is 2.04 bits per heavy atom. The number of fused-ring (bicyclic) bond motifs is 1. The van der Waals surface area contributed by atoms with Gasteiger partial charge < -0.3 is 15.3 Å². The third-order valence-electron chi connectivity index (χ3n) is 4.55. The summed E-state index contributed by atoms with van der Waals surface area (Å²) in [5.74, 6) is 0.580. The fraction of sp³-hybridized carbons (Fsp3) is 0.647. The summed E-state index contributed by atoms with van der Waals surface area (Å²) in [6.45, 7) is 2.33. The van der Waals surface area contributed by atoms with Gasteiger partial charge in [-0.15, -0.1) is 0 Å². The van der Waals surface area contributed by atoms with Crippen LogP contribution >= 0.6 is 0 Å². The maximum absolute atomic E-state index is 11.3. The number of aliphatic hydroxyl groups is 2. The molecule has 0 aromatic carbocycles. The van der Waals surface area contributed by atoms with Crippen molar-refractivity contribution in [3.63, 3.8) is 0 Å². The van der Waals surface area contributed by atoms with Gasteiger partial charge in [-0.2, -0.15) is 0 Å². The molecule has 1 aromatic rings. The summed E-state index contributed by atoms with van der Waals surface area (Å²) in [7, 11) is 0. The molecule has 0 spiro atoms. The molecule has 1 aliphatic heterocycles. The topological polar surface area (TPSA) is 93.9 Å². The maximum Gasteiger partial charge on any atom is 0.413 e. The summed E-state index contributed by atoms with van der Waals surface area (Å²) in [6.07, 6.45) is 4.07. The van der Waals surface area contributed by atoms with E-state index in [0.29, 0.717) is 12.4 Å². The van der Waals surface area contributed by atoms with E-state index < -0.39 is 11.5 Å². The fourth-order valence-electron chi connectivity index (χ4n) is 2.87. The van der Waals surface area contributed by atoms with Gasteiger partial charge in [0.1, 0.15) is 5.82 Å². The van der Waals surface area contributed by atoms with E-state index >= 15 is 0 Å². The molecule has 6 heteroatoms. The number of hydrogen-bond acceptors (Lipinski definition) is 4. The number of aliphatic hydroxyl groups excluding tert-OH is 2. The van der Waals surface area contributed by atoms with Gasteiger partial charge in [0.25, 0.3) is 0 Å². The van der Waals surface area contributed by atoms with Gasteiger partial charge in [0.2, 0.25) is 0 Å². The minimum Gasteiger partial charge on any atom is -0.465 e. The summed E-state index contributed by atoms with van der Waals surface area (Å²) in [6, 6.07) is 3.96. The highest BCUT2D eigenvalue weighted by molar-refractivity contribution is 5.86. The lowest BCUT2D eigenvalue weighted by molar-refractivity contribution is 0.0607. The highest BCUT2D eigenvalue weighted by atomic mass is 16.4. The largest absolute Gasteiger partial charge is 0.465 e. The number of rotatable bonds is 7. The first-order valence-corrected chi connectivity index (χ1v) is 8.20. The maximum atomic E-state index is 11.3. The van der Waals surface area contributed by atoms with Crippen LogP contribution in [-0.4, -0.2) is 46.2 Å². The smallest absolute Gasteiger partial charge is 0.413 e. The number of aromatic nitrogens is 1. The van der Waals surface area contributed by atoms with Crippen LogP contribution in [0, 0.1) is 5.41 Å². The van der Waals surface area contributed by atoms with Crippen molar-refractivity contribution >= 4 is 11.9 Å². The molecule has 0 aliphatic carbocycles. The molecule has 1 aromatic heterocycles. The van der Waals surface area contributed by atoms with E-state index in [-0.39, 0.29) is 13.2 Å². The second kappa shape index (κ2) is 7.75. The number of carboxylic acid groups (broad SMARTS) is 1. The van der Waals surface area contributed by atoms with Crippen LogP contribution in [0.4, 0.5) is 10.6 Å². The molecule has 2 heterocycles. The first-order valence-electron chi connectivity index (χ1n) is 8.20. The number of aryl methyl sites for hydroxylation is 2. The standard InChI is InChI=1S/C17H26N2O4/c1-17(11-20,12-21)9-3-2-6-14-8-7-13-5-4-10-19(16(22)23)15(13)18-14/h7-8,20-21H,2-6,9-12H2,1H3,(H,22,23). The molecule has 0 saturated heterocycles. The average Bonchev–Trinajstić information content (AvgIpc) is 2.57. The third-order valence-corrected chi connectivity index (χ3v) is 4.55. The third kappa shape index (κ3) is 4.42. The first-order chi connectivity index (χ1) is 11.0. The van der Waals surface area contributed by atoms with Crippen molar-refractivity contribution in [1.29, 1.82) is 0 Å². The Balaban J connectivity index is 1.94. The molecule has 0 atom stereocenters. The number of anilines is 1. The quantitative estimate of drug-likeness (QED) is 0.669. The van der Waals surface area contributed by atoms with Gasteiger partial charge in [0, 0.05) is 17.7 Å². The van der Waals surface area contributed by atoms with E-state index in [1.54, 1.807) is 0 Å². The van der Waals surface area contributed by atoms with Crippen molar-refractivity contribution in [2.75, 3.05) is 24.7 Å². The van der Waals surface area contributed by atoms with Gasteiger partial charge >= 0.3 is 6.09 Å². The molecule has 0 fully saturated rings. The molecule has 0 radical (unpaired) electrons. The van der Waals surface area contributed by atoms with Gasteiger partial charge in [-0.1, -0.05) is 19.4 Å². The Bertz CT molecular complexity index is 543. The molecule has 1 amide bonds. The Kier molecular flexibility index (Phi) is 5.96. The molecule has 128 valence electrons. The van der Waals surface area contributed by atoms with Gasteiger partial charge in [0.15, 0.2) is 0 Å². The zero-order valence-electron chi connectivity index (χ0n) is 13.7. The predicted octanol–water partition coefficient (Wildman–Crippen LogP) is 2.22. The second-order valence-electron chi connectivity index (χ2n) is 6.66. The Morgan fingerprint density at radius 3 is 2.70 bits per heavy atom. The van der Waals surface area contributed by atoms with Gasteiger partial charge in [-0.05, 0) is 43.7 Å². The highest BCUT2D eigenvalue weighted by Crippen LogP contribution is 2.27. The molecule has 0 saturated carbocycles. The van der Waals surface area contributed by atoms with E-state index in [0.717, 1.165) is 49.8 Å². The second-order valence-corrected chi connectivity index (χ2v) is 6.66. The van der Waals surface area contributed by atoms with Gasteiger partial charge in [-0.25, -0.2) is 9.78 Å². The van der Waals surface area contributed by atoms with Crippen molar-refractivity contribution in [3.05, 3.63) is 23.4 Å². The number of nitrogens with zero attached hydrogens (tertiary/aromatic N) is 2. The molecule has 0 bridgehead atoms. The molecule has 3 N–H and O–H groups in total. The van der Waals surface area contributed by atoms with Crippen molar-refractivity contribution in [2.45, 2.75) is 45.4 Å². The molecule has 1 aliphatic rings. The van der Waals surface area contributed by atoms with Crippen LogP contribution in [0.15, 0.2) is 12.1 Å². The summed E-state index contributed by atoms with van der Waals surface area (Å²) in [5, 5.41) is 27.8. The minimum absolute atomic E-state index is 0.0197. The number of unbranched alkanes of at least 4 members (excludes halogenated alkanes) is 1. The van der Waals surface area contributed by atoms with E-state index in [2.05, 4.69) is 4.98 Å². The van der Waals surface area contributed by atoms with Crippen LogP contribution < -0.4 is 4.90 Å². The average molecular weight is 322 g/mol. The van der Waals surface area contributed by atoms with E-state index in [4.69, 9.17) is 0 Å². The van der Waals surface area contributed by atoms with Crippen LogP contribution in [0.3, 0.4) is 0 Å². The van der Waals surface area contributed by atoms with Crippen molar-refractivity contribution in [2.24, 2.45) is 5.41 Å². The van der Waals surface area contributed by atoms with Crippen LogP contribution in [0.2, 0.25) is 0 Å². The molecule has 0 unspecified atom stereocenters. The lowest BCUT2D eigenvalue weighted by atomic mass is 9.86. The summed E-state index contributed by atoms with van der Waals surface area (Å²) in [4.78, 5) is 17.2. The van der Waals surface area contributed by atoms with Crippen molar-refractivity contribution in [3.8, 4) is 0 Å². The normalized spacial score (nSPS) is 14.7. The molecule has 2 rings (SSSR count).